The molecule has 0 aliphatic carbocycles. The molecule has 2 unspecified atom stereocenters. The molecule has 3 N–H and O–H groups in total. The van der Waals surface area contributed by atoms with Gasteiger partial charge < -0.3 is 15.2 Å². The molecular formula is C13H22N6. The van der Waals surface area contributed by atoms with Crippen LogP contribution in [0.3, 0.4) is 0 Å². The first-order valence-corrected chi connectivity index (χ1v) is 7.02. The summed E-state index contributed by atoms with van der Waals surface area (Å²) in [6, 6.07) is 2.67. The lowest BCUT2D eigenvalue weighted by Crippen LogP contribution is -2.52. The van der Waals surface area contributed by atoms with Crippen LogP contribution in [0.5, 0.6) is 0 Å². The van der Waals surface area contributed by atoms with E-state index in [9.17, 15) is 0 Å². The van der Waals surface area contributed by atoms with Gasteiger partial charge in [-0.15, -0.1) is 0 Å². The van der Waals surface area contributed by atoms with Crippen molar-refractivity contribution in [2.45, 2.75) is 25.3 Å². The Morgan fingerprint density at radius 3 is 3.05 bits per heavy atom. The summed E-state index contributed by atoms with van der Waals surface area (Å²) < 4.78 is 0. The van der Waals surface area contributed by atoms with E-state index in [1.54, 1.807) is 6.33 Å². The number of hydrogen-bond donors (Lipinski definition) is 2. The Balaban J connectivity index is 1.73. The van der Waals surface area contributed by atoms with Crippen molar-refractivity contribution in [3.05, 3.63) is 12.4 Å². The highest BCUT2D eigenvalue weighted by Gasteiger charge is 2.34. The minimum Gasteiger partial charge on any atom is -0.356 e. The highest BCUT2D eigenvalue weighted by Crippen LogP contribution is 2.31. The van der Waals surface area contributed by atoms with Crippen LogP contribution in [0.15, 0.2) is 12.4 Å². The van der Waals surface area contributed by atoms with Gasteiger partial charge in [-0.1, -0.05) is 0 Å². The molecule has 19 heavy (non-hydrogen) atoms. The van der Waals surface area contributed by atoms with Crippen LogP contribution in [0, 0.1) is 5.92 Å². The average molecular weight is 262 g/mol. The van der Waals surface area contributed by atoms with Gasteiger partial charge in [-0.2, -0.15) is 0 Å². The Kier molecular flexibility index (Phi) is 3.52. The summed E-state index contributed by atoms with van der Waals surface area (Å²) >= 11 is 0. The van der Waals surface area contributed by atoms with Crippen LogP contribution in [0.25, 0.3) is 0 Å². The van der Waals surface area contributed by atoms with Gasteiger partial charge in [-0.25, -0.2) is 15.8 Å². The van der Waals surface area contributed by atoms with Crippen molar-refractivity contribution in [1.29, 1.82) is 0 Å². The van der Waals surface area contributed by atoms with E-state index in [0.717, 1.165) is 30.9 Å². The number of piperidine rings is 2. The SMILES string of the molecule is CN1CCCC2CN(c3cc(NN)ncn3)CCC21. The summed E-state index contributed by atoms with van der Waals surface area (Å²) in [5.41, 5.74) is 2.58. The van der Waals surface area contributed by atoms with Crippen molar-refractivity contribution in [2.24, 2.45) is 11.8 Å². The molecule has 0 spiro atoms. The second kappa shape index (κ2) is 5.30. The first-order valence-electron chi connectivity index (χ1n) is 7.02. The molecular weight excluding hydrogens is 240 g/mol. The van der Waals surface area contributed by atoms with Crippen LogP contribution in [0.4, 0.5) is 11.6 Å². The molecule has 6 heteroatoms. The zero-order valence-electron chi connectivity index (χ0n) is 11.4. The van der Waals surface area contributed by atoms with Gasteiger partial charge in [0.1, 0.15) is 18.0 Å². The van der Waals surface area contributed by atoms with E-state index in [1.165, 1.54) is 25.8 Å². The highest BCUT2D eigenvalue weighted by molar-refractivity contribution is 5.48. The summed E-state index contributed by atoms with van der Waals surface area (Å²) in [7, 11) is 2.26. The minimum absolute atomic E-state index is 0.674. The van der Waals surface area contributed by atoms with E-state index in [0.29, 0.717) is 5.82 Å². The zero-order chi connectivity index (χ0) is 13.2. The predicted octanol–water partition coefficient (Wildman–Crippen LogP) is 0.683. The van der Waals surface area contributed by atoms with E-state index >= 15 is 0 Å². The number of nitrogens with zero attached hydrogens (tertiary/aromatic N) is 4. The molecule has 1 aromatic rings. The number of fused-ring (bicyclic) bond motifs is 1. The van der Waals surface area contributed by atoms with Crippen molar-refractivity contribution in [2.75, 3.05) is 37.0 Å². The summed E-state index contributed by atoms with van der Waals surface area (Å²) in [5, 5.41) is 0. The molecule has 3 rings (SSSR count). The van der Waals surface area contributed by atoms with Gasteiger partial charge in [0.2, 0.25) is 0 Å². The molecule has 0 saturated carbocycles. The maximum absolute atomic E-state index is 5.41. The average Bonchev–Trinajstić information content (AvgIpc) is 2.47. The lowest BCUT2D eigenvalue weighted by atomic mass is 9.84. The number of hydrogen-bond acceptors (Lipinski definition) is 6. The van der Waals surface area contributed by atoms with Gasteiger partial charge in [0.25, 0.3) is 0 Å². The Hall–Kier alpha value is -1.40. The predicted molar refractivity (Wildman–Crippen MR) is 75.8 cm³/mol. The van der Waals surface area contributed by atoms with Crippen LogP contribution in [0.1, 0.15) is 19.3 Å². The number of anilines is 2. The molecule has 2 aliphatic rings. The largest absolute Gasteiger partial charge is 0.356 e. The monoisotopic (exact) mass is 262 g/mol. The third-order valence-corrected chi connectivity index (χ3v) is 4.47. The molecule has 0 radical (unpaired) electrons. The fourth-order valence-corrected chi connectivity index (χ4v) is 3.46. The number of aromatic nitrogens is 2. The number of rotatable bonds is 2. The topological polar surface area (TPSA) is 70.3 Å². The van der Waals surface area contributed by atoms with E-state index in [1.807, 2.05) is 6.07 Å². The first kappa shape index (κ1) is 12.6. The lowest BCUT2D eigenvalue weighted by Gasteiger charge is -2.46. The van der Waals surface area contributed by atoms with Crippen molar-refractivity contribution in [3.63, 3.8) is 0 Å². The standard InChI is InChI=1S/C13H22N6/c1-18-5-2-3-10-8-19(6-4-11(10)18)13-7-12(17-14)15-9-16-13/h7,9-11H,2-6,8,14H2,1H3,(H,15,16,17). The molecule has 0 bridgehead atoms. The van der Waals surface area contributed by atoms with Crippen LogP contribution in [-0.4, -0.2) is 47.6 Å². The summed E-state index contributed by atoms with van der Waals surface area (Å²) in [5.74, 6) is 7.82. The fourth-order valence-electron chi connectivity index (χ4n) is 3.46. The van der Waals surface area contributed by atoms with Gasteiger partial charge >= 0.3 is 0 Å². The van der Waals surface area contributed by atoms with Gasteiger partial charge in [0.05, 0.1) is 0 Å². The van der Waals surface area contributed by atoms with Crippen molar-refractivity contribution in [1.82, 2.24) is 14.9 Å². The van der Waals surface area contributed by atoms with Gasteiger partial charge in [0, 0.05) is 25.2 Å². The summed E-state index contributed by atoms with van der Waals surface area (Å²) in [6.45, 7) is 3.40. The molecule has 2 saturated heterocycles. The zero-order valence-corrected chi connectivity index (χ0v) is 11.4. The lowest BCUT2D eigenvalue weighted by molar-refractivity contribution is 0.102. The number of hydrazine groups is 1. The Labute approximate surface area is 114 Å². The molecule has 104 valence electrons. The molecule has 2 fully saturated rings. The third-order valence-electron chi connectivity index (χ3n) is 4.47. The third kappa shape index (κ3) is 2.50. The van der Waals surface area contributed by atoms with Crippen molar-refractivity contribution >= 4 is 11.6 Å². The maximum Gasteiger partial charge on any atom is 0.145 e. The van der Waals surface area contributed by atoms with E-state index < -0.39 is 0 Å². The number of nitrogens with one attached hydrogen (secondary N) is 1. The molecule has 3 heterocycles. The molecule has 1 aromatic heterocycles. The van der Waals surface area contributed by atoms with Crippen LogP contribution in [0.2, 0.25) is 0 Å². The van der Waals surface area contributed by atoms with Crippen molar-refractivity contribution < 1.29 is 0 Å². The molecule has 0 aromatic carbocycles. The summed E-state index contributed by atoms with van der Waals surface area (Å²) in [4.78, 5) is 13.3. The van der Waals surface area contributed by atoms with Crippen LogP contribution >= 0.6 is 0 Å². The Bertz CT molecular complexity index is 437. The maximum atomic E-state index is 5.41. The molecule has 6 nitrogen and oxygen atoms in total. The van der Waals surface area contributed by atoms with E-state index in [4.69, 9.17) is 5.84 Å². The second-order valence-corrected chi connectivity index (χ2v) is 5.59. The summed E-state index contributed by atoms with van der Waals surface area (Å²) in [6.07, 6.45) is 5.43. The van der Waals surface area contributed by atoms with E-state index in [-0.39, 0.29) is 0 Å². The van der Waals surface area contributed by atoms with Crippen molar-refractivity contribution in [3.8, 4) is 0 Å². The normalized spacial score (nSPS) is 28.0. The minimum atomic E-state index is 0.674. The first-order chi connectivity index (χ1) is 9.28. The Morgan fingerprint density at radius 2 is 2.21 bits per heavy atom. The van der Waals surface area contributed by atoms with Gasteiger partial charge in [0.15, 0.2) is 0 Å². The van der Waals surface area contributed by atoms with Gasteiger partial charge in [-0.05, 0) is 38.8 Å². The Morgan fingerprint density at radius 1 is 1.32 bits per heavy atom. The smallest absolute Gasteiger partial charge is 0.145 e. The van der Waals surface area contributed by atoms with E-state index in [2.05, 4.69) is 32.2 Å². The number of nitrogens with two attached hydrogens (primary N) is 1. The van der Waals surface area contributed by atoms with Crippen LogP contribution in [-0.2, 0) is 0 Å². The second-order valence-electron chi connectivity index (χ2n) is 5.59. The van der Waals surface area contributed by atoms with Gasteiger partial charge in [-0.3, -0.25) is 0 Å². The van der Waals surface area contributed by atoms with Crippen LogP contribution < -0.4 is 16.2 Å². The fraction of sp³-hybridized carbons (Fsp3) is 0.692. The molecule has 2 atom stereocenters. The molecule has 2 aliphatic heterocycles. The quantitative estimate of drug-likeness (QED) is 0.603. The molecule has 0 amide bonds. The highest BCUT2D eigenvalue weighted by atomic mass is 15.3. The number of nitrogen functional groups attached to an aromatic ring is 1. The number of likely N-dealkylation sites (tertiary alicyclic amines) is 1.